The second-order valence-corrected chi connectivity index (χ2v) is 8.67. The molecule has 0 spiro atoms. The van der Waals surface area contributed by atoms with Crippen LogP contribution in [-0.4, -0.2) is 49.6 Å². The standard InChI is InChI=1S/C23H21N5O3S/c1-27(16-11-12-16)19(29)14-32-23-25-24-21(31-23)20-17-9-5-6-10-18(17)22(30)28(26-20)13-15-7-3-2-4-8-15/h2-10,16H,11-14H2,1H3. The lowest BCUT2D eigenvalue weighted by atomic mass is 10.1. The summed E-state index contributed by atoms with van der Waals surface area (Å²) in [6.45, 7) is 0.329. The van der Waals surface area contributed by atoms with Gasteiger partial charge in [0.05, 0.1) is 17.7 Å². The first kappa shape index (κ1) is 20.4. The topological polar surface area (TPSA) is 94.1 Å². The van der Waals surface area contributed by atoms with Crippen molar-refractivity contribution in [3.8, 4) is 11.6 Å². The number of aromatic nitrogens is 4. The van der Waals surface area contributed by atoms with E-state index in [0.29, 0.717) is 34.3 Å². The molecule has 1 saturated carbocycles. The first-order chi connectivity index (χ1) is 15.6. The minimum Gasteiger partial charge on any atom is -0.409 e. The normalized spacial score (nSPS) is 13.4. The van der Waals surface area contributed by atoms with Crippen LogP contribution in [0.15, 0.2) is 69.0 Å². The third kappa shape index (κ3) is 4.16. The predicted octanol–water partition coefficient (Wildman–Crippen LogP) is 3.21. The van der Waals surface area contributed by atoms with Gasteiger partial charge in [-0.3, -0.25) is 9.59 Å². The molecule has 5 rings (SSSR count). The van der Waals surface area contributed by atoms with Gasteiger partial charge in [-0.05, 0) is 24.5 Å². The Hall–Kier alpha value is -3.46. The summed E-state index contributed by atoms with van der Waals surface area (Å²) in [5, 5.41) is 14.2. The molecule has 0 saturated heterocycles. The van der Waals surface area contributed by atoms with E-state index in [0.717, 1.165) is 18.4 Å². The van der Waals surface area contributed by atoms with Gasteiger partial charge >= 0.3 is 0 Å². The highest BCUT2D eigenvalue weighted by Gasteiger charge is 2.29. The smallest absolute Gasteiger partial charge is 0.277 e. The van der Waals surface area contributed by atoms with E-state index in [9.17, 15) is 9.59 Å². The lowest BCUT2D eigenvalue weighted by molar-refractivity contribution is -0.127. The van der Waals surface area contributed by atoms with Crippen LogP contribution in [0.4, 0.5) is 0 Å². The Morgan fingerprint density at radius 2 is 1.81 bits per heavy atom. The van der Waals surface area contributed by atoms with Gasteiger partial charge in [-0.2, -0.15) is 5.10 Å². The third-order valence-electron chi connectivity index (χ3n) is 5.46. The lowest BCUT2D eigenvalue weighted by Gasteiger charge is -2.14. The summed E-state index contributed by atoms with van der Waals surface area (Å²) in [4.78, 5) is 27.1. The number of fused-ring (bicyclic) bond motifs is 1. The van der Waals surface area contributed by atoms with E-state index in [1.165, 1.54) is 16.4 Å². The van der Waals surface area contributed by atoms with Crippen molar-refractivity contribution in [1.82, 2.24) is 24.9 Å². The fraction of sp³-hybridized carbons (Fsp3) is 0.261. The molecule has 162 valence electrons. The van der Waals surface area contributed by atoms with Crippen LogP contribution in [0.1, 0.15) is 18.4 Å². The molecule has 32 heavy (non-hydrogen) atoms. The van der Waals surface area contributed by atoms with Gasteiger partial charge in [0.2, 0.25) is 5.91 Å². The fourth-order valence-electron chi connectivity index (χ4n) is 3.51. The minimum absolute atomic E-state index is 0.0391. The van der Waals surface area contributed by atoms with Crippen LogP contribution in [0.3, 0.4) is 0 Å². The number of rotatable bonds is 7. The van der Waals surface area contributed by atoms with Gasteiger partial charge in [0.25, 0.3) is 16.7 Å². The number of benzene rings is 2. The summed E-state index contributed by atoms with van der Waals surface area (Å²) in [5.74, 6) is 0.488. The van der Waals surface area contributed by atoms with Crippen LogP contribution in [0.2, 0.25) is 0 Å². The van der Waals surface area contributed by atoms with E-state index in [-0.39, 0.29) is 23.1 Å². The summed E-state index contributed by atoms with van der Waals surface area (Å²) in [7, 11) is 1.83. The summed E-state index contributed by atoms with van der Waals surface area (Å²) in [6.07, 6.45) is 2.13. The van der Waals surface area contributed by atoms with Crippen molar-refractivity contribution >= 4 is 28.4 Å². The zero-order valence-electron chi connectivity index (χ0n) is 17.5. The second kappa shape index (κ2) is 8.58. The van der Waals surface area contributed by atoms with Gasteiger partial charge < -0.3 is 9.32 Å². The highest BCUT2D eigenvalue weighted by Crippen LogP contribution is 2.29. The lowest BCUT2D eigenvalue weighted by Crippen LogP contribution is -2.30. The van der Waals surface area contributed by atoms with Crippen LogP contribution >= 0.6 is 11.8 Å². The van der Waals surface area contributed by atoms with Crippen LogP contribution in [0.25, 0.3) is 22.4 Å². The quantitative estimate of drug-likeness (QED) is 0.402. The molecule has 4 aromatic rings. The van der Waals surface area contributed by atoms with Crippen molar-refractivity contribution in [2.75, 3.05) is 12.8 Å². The minimum atomic E-state index is -0.184. The van der Waals surface area contributed by atoms with Gasteiger partial charge in [0.15, 0.2) is 5.69 Å². The predicted molar refractivity (Wildman–Crippen MR) is 121 cm³/mol. The molecule has 0 bridgehead atoms. The molecule has 2 heterocycles. The molecule has 0 unspecified atom stereocenters. The number of carbonyl (C=O) groups is 1. The average molecular weight is 448 g/mol. The van der Waals surface area contributed by atoms with Gasteiger partial charge in [-0.25, -0.2) is 4.68 Å². The van der Waals surface area contributed by atoms with E-state index in [4.69, 9.17) is 4.42 Å². The number of amides is 1. The SMILES string of the molecule is CN(C(=O)CSc1nnc(-c2nn(Cc3ccccc3)c(=O)c3ccccc23)o1)C1CC1. The van der Waals surface area contributed by atoms with Gasteiger partial charge in [-0.1, -0.05) is 60.3 Å². The van der Waals surface area contributed by atoms with E-state index in [1.807, 2.05) is 55.6 Å². The zero-order chi connectivity index (χ0) is 22.1. The first-order valence-corrected chi connectivity index (χ1v) is 11.3. The number of carbonyl (C=O) groups excluding carboxylic acids is 1. The van der Waals surface area contributed by atoms with Crippen LogP contribution in [0, 0.1) is 0 Å². The first-order valence-electron chi connectivity index (χ1n) is 10.4. The number of hydrogen-bond donors (Lipinski definition) is 0. The number of thioether (sulfide) groups is 1. The number of nitrogens with zero attached hydrogens (tertiary/aromatic N) is 5. The molecule has 9 heteroatoms. The largest absolute Gasteiger partial charge is 0.409 e. The Morgan fingerprint density at radius 3 is 2.56 bits per heavy atom. The van der Waals surface area contributed by atoms with Crippen molar-refractivity contribution in [2.45, 2.75) is 30.7 Å². The highest BCUT2D eigenvalue weighted by molar-refractivity contribution is 7.99. The fourth-order valence-corrected chi connectivity index (χ4v) is 4.20. The highest BCUT2D eigenvalue weighted by atomic mass is 32.2. The van der Waals surface area contributed by atoms with Crippen molar-refractivity contribution in [3.05, 3.63) is 70.5 Å². The van der Waals surface area contributed by atoms with Crippen LogP contribution in [0.5, 0.6) is 0 Å². The summed E-state index contributed by atoms with van der Waals surface area (Å²) in [5.41, 5.74) is 1.22. The van der Waals surface area contributed by atoms with E-state index >= 15 is 0 Å². The van der Waals surface area contributed by atoms with Crippen molar-refractivity contribution in [3.63, 3.8) is 0 Å². The molecule has 1 amide bonds. The van der Waals surface area contributed by atoms with Gasteiger partial charge in [0.1, 0.15) is 0 Å². The molecule has 8 nitrogen and oxygen atoms in total. The van der Waals surface area contributed by atoms with Gasteiger partial charge in [-0.15, -0.1) is 10.2 Å². The van der Waals surface area contributed by atoms with Crippen molar-refractivity contribution in [1.29, 1.82) is 0 Å². The molecule has 0 aliphatic heterocycles. The van der Waals surface area contributed by atoms with Gasteiger partial charge in [0, 0.05) is 18.5 Å². The summed E-state index contributed by atoms with van der Waals surface area (Å²) >= 11 is 1.21. The summed E-state index contributed by atoms with van der Waals surface area (Å²) < 4.78 is 7.24. The van der Waals surface area contributed by atoms with E-state index in [1.54, 1.807) is 11.0 Å². The molecule has 1 fully saturated rings. The molecule has 1 aliphatic rings. The molecule has 2 aromatic heterocycles. The maximum Gasteiger partial charge on any atom is 0.277 e. The van der Waals surface area contributed by atoms with Crippen molar-refractivity contribution in [2.24, 2.45) is 0 Å². The molecule has 0 atom stereocenters. The maximum absolute atomic E-state index is 13.0. The zero-order valence-corrected chi connectivity index (χ0v) is 18.3. The molecule has 0 radical (unpaired) electrons. The third-order valence-corrected chi connectivity index (χ3v) is 6.26. The van der Waals surface area contributed by atoms with Crippen LogP contribution < -0.4 is 5.56 Å². The molecule has 1 aliphatic carbocycles. The Labute approximate surface area is 188 Å². The van der Waals surface area contributed by atoms with E-state index in [2.05, 4.69) is 15.3 Å². The molecular weight excluding hydrogens is 426 g/mol. The maximum atomic E-state index is 13.0. The summed E-state index contributed by atoms with van der Waals surface area (Å²) in [6, 6.07) is 17.3. The Bertz CT molecular complexity index is 1330. The van der Waals surface area contributed by atoms with Crippen molar-refractivity contribution < 1.29 is 9.21 Å². The average Bonchev–Trinajstić information content (AvgIpc) is 3.57. The molecule has 2 aromatic carbocycles. The monoisotopic (exact) mass is 447 g/mol. The molecular formula is C23H21N5O3S. The van der Waals surface area contributed by atoms with E-state index < -0.39 is 0 Å². The molecule has 0 N–H and O–H groups in total. The Balaban J connectivity index is 1.45. The second-order valence-electron chi connectivity index (χ2n) is 7.74. The Morgan fingerprint density at radius 1 is 1.09 bits per heavy atom. The van der Waals surface area contributed by atoms with Crippen LogP contribution in [-0.2, 0) is 11.3 Å². The number of hydrogen-bond acceptors (Lipinski definition) is 7. The Kier molecular flexibility index (Phi) is 5.48.